The number of piperidine rings is 1. The first-order valence-corrected chi connectivity index (χ1v) is 9.68. The van der Waals surface area contributed by atoms with E-state index in [4.69, 9.17) is 4.74 Å². The molecule has 3 heterocycles. The molecule has 5 heteroatoms. The summed E-state index contributed by atoms with van der Waals surface area (Å²) in [5, 5.41) is 0. The molecule has 1 aromatic rings. The standard InChI is InChI=1S/C20H29N3O2/c1-22-18(15-25-14-16-2-3-16)4-7-20(22)8-12-23(13-9-20)19(24)17-5-10-21-11-6-17/h5-6,10-11,16,18H,2-4,7-9,12-15H2,1H3/t18-/m0/s1. The molecule has 2 saturated heterocycles. The summed E-state index contributed by atoms with van der Waals surface area (Å²) in [5.74, 6) is 0.977. The Bertz CT molecular complexity index is 594. The van der Waals surface area contributed by atoms with Crippen molar-refractivity contribution in [2.45, 2.75) is 50.1 Å². The van der Waals surface area contributed by atoms with E-state index in [0.29, 0.717) is 6.04 Å². The third-order valence-electron chi connectivity index (χ3n) is 6.51. The number of ether oxygens (including phenoxy) is 1. The average Bonchev–Trinajstić information content (AvgIpc) is 3.44. The Morgan fingerprint density at radius 1 is 1.16 bits per heavy atom. The summed E-state index contributed by atoms with van der Waals surface area (Å²) in [6.45, 7) is 3.52. The molecule has 1 aliphatic carbocycles. The second-order valence-electron chi connectivity index (χ2n) is 8.04. The van der Waals surface area contributed by atoms with E-state index in [9.17, 15) is 4.79 Å². The van der Waals surface area contributed by atoms with E-state index in [2.05, 4.69) is 16.9 Å². The van der Waals surface area contributed by atoms with Crippen LogP contribution in [-0.2, 0) is 4.74 Å². The van der Waals surface area contributed by atoms with E-state index in [-0.39, 0.29) is 11.4 Å². The first kappa shape index (κ1) is 17.0. The molecule has 0 N–H and O–H groups in total. The fraction of sp³-hybridized carbons (Fsp3) is 0.700. The number of aromatic nitrogens is 1. The Hall–Kier alpha value is -1.46. The van der Waals surface area contributed by atoms with Crippen molar-refractivity contribution in [3.63, 3.8) is 0 Å². The second-order valence-corrected chi connectivity index (χ2v) is 8.04. The summed E-state index contributed by atoms with van der Waals surface area (Å²) in [4.78, 5) is 21.2. The van der Waals surface area contributed by atoms with Crippen LogP contribution in [0.1, 0.15) is 48.9 Å². The topological polar surface area (TPSA) is 45.7 Å². The largest absolute Gasteiger partial charge is 0.380 e. The van der Waals surface area contributed by atoms with Crippen molar-refractivity contribution in [2.75, 3.05) is 33.4 Å². The Morgan fingerprint density at radius 3 is 2.56 bits per heavy atom. The molecule has 3 fully saturated rings. The summed E-state index contributed by atoms with van der Waals surface area (Å²) in [6.07, 6.45) is 10.7. The highest BCUT2D eigenvalue weighted by atomic mass is 16.5. The van der Waals surface area contributed by atoms with Crippen molar-refractivity contribution in [2.24, 2.45) is 5.92 Å². The molecular weight excluding hydrogens is 314 g/mol. The quantitative estimate of drug-likeness (QED) is 0.824. The van der Waals surface area contributed by atoms with Gasteiger partial charge in [-0.05, 0) is 63.6 Å². The third kappa shape index (κ3) is 3.58. The van der Waals surface area contributed by atoms with Gasteiger partial charge in [0.05, 0.1) is 6.61 Å². The molecule has 25 heavy (non-hydrogen) atoms. The Labute approximate surface area is 150 Å². The Balaban J connectivity index is 1.30. The Morgan fingerprint density at radius 2 is 1.88 bits per heavy atom. The second kappa shape index (κ2) is 7.04. The van der Waals surface area contributed by atoms with E-state index < -0.39 is 0 Å². The number of nitrogens with zero attached hydrogens (tertiary/aromatic N) is 3. The van der Waals surface area contributed by atoms with Gasteiger partial charge in [-0.25, -0.2) is 0 Å². The lowest BCUT2D eigenvalue weighted by molar-refractivity contribution is 0.0172. The van der Waals surface area contributed by atoms with Crippen LogP contribution in [0.2, 0.25) is 0 Å². The van der Waals surface area contributed by atoms with Gasteiger partial charge in [0.25, 0.3) is 5.91 Å². The van der Waals surface area contributed by atoms with Crippen LogP contribution in [0.5, 0.6) is 0 Å². The van der Waals surface area contributed by atoms with Crippen molar-refractivity contribution in [1.29, 1.82) is 0 Å². The third-order valence-corrected chi connectivity index (χ3v) is 6.51. The van der Waals surface area contributed by atoms with Crippen LogP contribution < -0.4 is 0 Å². The number of carbonyl (C=O) groups is 1. The van der Waals surface area contributed by atoms with Crippen LogP contribution in [0.4, 0.5) is 0 Å². The number of carbonyl (C=O) groups excluding carboxylic acids is 1. The number of pyridine rings is 1. The maximum absolute atomic E-state index is 12.6. The molecule has 3 aliphatic rings. The van der Waals surface area contributed by atoms with E-state index in [1.54, 1.807) is 12.4 Å². The summed E-state index contributed by atoms with van der Waals surface area (Å²) in [7, 11) is 2.26. The minimum absolute atomic E-state index is 0.141. The number of hydrogen-bond acceptors (Lipinski definition) is 4. The van der Waals surface area contributed by atoms with Crippen LogP contribution in [0.3, 0.4) is 0 Å². The fourth-order valence-corrected chi connectivity index (χ4v) is 4.45. The van der Waals surface area contributed by atoms with Gasteiger partial charge in [-0.15, -0.1) is 0 Å². The zero-order valence-electron chi connectivity index (χ0n) is 15.2. The van der Waals surface area contributed by atoms with Gasteiger partial charge in [-0.3, -0.25) is 14.7 Å². The van der Waals surface area contributed by atoms with Crippen molar-refractivity contribution in [3.05, 3.63) is 30.1 Å². The van der Waals surface area contributed by atoms with Crippen molar-refractivity contribution < 1.29 is 9.53 Å². The molecule has 0 unspecified atom stereocenters. The number of amides is 1. The molecule has 1 atom stereocenters. The lowest BCUT2D eigenvalue weighted by atomic mass is 9.85. The van der Waals surface area contributed by atoms with Crippen molar-refractivity contribution in [1.82, 2.24) is 14.8 Å². The SMILES string of the molecule is CN1[C@H](COCC2CC2)CCC12CCN(C(=O)c1ccncc1)CC2. The zero-order chi connectivity index (χ0) is 17.3. The average molecular weight is 343 g/mol. The summed E-state index contributed by atoms with van der Waals surface area (Å²) >= 11 is 0. The molecule has 5 nitrogen and oxygen atoms in total. The lowest BCUT2D eigenvalue weighted by Crippen LogP contribution is -2.54. The maximum atomic E-state index is 12.6. The van der Waals surface area contributed by atoms with Gasteiger partial charge in [-0.2, -0.15) is 0 Å². The number of hydrogen-bond donors (Lipinski definition) is 0. The maximum Gasteiger partial charge on any atom is 0.253 e. The number of rotatable bonds is 5. The van der Waals surface area contributed by atoms with Crippen molar-refractivity contribution in [3.8, 4) is 0 Å². The van der Waals surface area contributed by atoms with Crippen molar-refractivity contribution >= 4 is 5.91 Å². The van der Waals surface area contributed by atoms with Crippen LogP contribution >= 0.6 is 0 Å². The first-order valence-electron chi connectivity index (χ1n) is 9.68. The van der Waals surface area contributed by atoms with Gasteiger partial charge in [0.1, 0.15) is 0 Å². The van der Waals surface area contributed by atoms with E-state index >= 15 is 0 Å². The highest BCUT2D eigenvalue weighted by Gasteiger charge is 2.46. The lowest BCUT2D eigenvalue weighted by Gasteiger charge is -2.45. The molecule has 1 spiro atoms. The van der Waals surface area contributed by atoms with Gasteiger partial charge in [-0.1, -0.05) is 0 Å². The van der Waals surface area contributed by atoms with E-state index in [0.717, 1.165) is 50.6 Å². The Kier molecular flexibility index (Phi) is 4.78. The van der Waals surface area contributed by atoms with Crippen LogP contribution in [0.15, 0.2) is 24.5 Å². The van der Waals surface area contributed by atoms with Gasteiger partial charge in [0.15, 0.2) is 0 Å². The highest BCUT2D eigenvalue weighted by Crippen LogP contribution is 2.41. The van der Waals surface area contributed by atoms with E-state index in [1.807, 2.05) is 17.0 Å². The van der Waals surface area contributed by atoms with E-state index in [1.165, 1.54) is 25.7 Å². The molecule has 4 rings (SSSR count). The molecule has 2 aliphatic heterocycles. The first-order chi connectivity index (χ1) is 12.2. The van der Waals surface area contributed by atoms with Crippen LogP contribution in [0.25, 0.3) is 0 Å². The normalized spacial score (nSPS) is 26.3. The zero-order valence-corrected chi connectivity index (χ0v) is 15.2. The van der Waals surface area contributed by atoms with Gasteiger partial charge in [0, 0.05) is 49.2 Å². The minimum Gasteiger partial charge on any atom is -0.380 e. The van der Waals surface area contributed by atoms with Crippen LogP contribution in [-0.4, -0.2) is 65.6 Å². The predicted molar refractivity (Wildman–Crippen MR) is 96.4 cm³/mol. The summed E-state index contributed by atoms with van der Waals surface area (Å²) in [5.41, 5.74) is 1.01. The number of likely N-dealkylation sites (tertiary alicyclic amines) is 2. The van der Waals surface area contributed by atoms with Gasteiger partial charge >= 0.3 is 0 Å². The molecule has 1 saturated carbocycles. The molecule has 1 amide bonds. The smallest absolute Gasteiger partial charge is 0.253 e. The number of likely N-dealkylation sites (N-methyl/N-ethyl adjacent to an activating group) is 1. The minimum atomic E-state index is 0.141. The van der Waals surface area contributed by atoms with Gasteiger partial charge in [0.2, 0.25) is 0 Å². The fourth-order valence-electron chi connectivity index (χ4n) is 4.45. The monoisotopic (exact) mass is 343 g/mol. The molecule has 0 bridgehead atoms. The molecule has 136 valence electrons. The summed E-state index contributed by atoms with van der Waals surface area (Å²) < 4.78 is 5.95. The molecular formula is C20H29N3O2. The highest BCUT2D eigenvalue weighted by molar-refractivity contribution is 5.94. The molecule has 0 aromatic carbocycles. The summed E-state index contributed by atoms with van der Waals surface area (Å²) in [6, 6.07) is 4.16. The van der Waals surface area contributed by atoms with Gasteiger partial charge < -0.3 is 9.64 Å². The molecule has 0 radical (unpaired) electrons. The molecule has 1 aromatic heterocycles. The van der Waals surface area contributed by atoms with Crippen LogP contribution in [0, 0.1) is 5.92 Å². The predicted octanol–water partition coefficient (Wildman–Crippen LogP) is 2.58.